The summed E-state index contributed by atoms with van der Waals surface area (Å²) in [5.41, 5.74) is 16.9. The van der Waals surface area contributed by atoms with Crippen LogP contribution in [-0.2, 0) is 5.41 Å². The summed E-state index contributed by atoms with van der Waals surface area (Å²) in [6.07, 6.45) is 4.49. The first-order valence-corrected chi connectivity index (χ1v) is 24.3. The molecule has 0 saturated carbocycles. The van der Waals surface area contributed by atoms with Gasteiger partial charge in [0.2, 0.25) is 0 Å². The number of fused-ring (bicyclic) bond motifs is 11. The van der Waals surface area contributed by atoms with E-state index in [2.05, 4.69) is 271 Å². The molecule has 2 heterocycles. The summed E-state index contributed by atoms with van der Waals surface area (Å²) < 4.78 is 9.60. The van der Waals surface area contributed by atoms with Crippen molar-refractivity contribution in [2.24, 2.45) is 0 Å². The second kappa shape index (κ2) is 15.8. The number of anilines is 3. The predicted molar refractivity (Wildman–Crippen MR) is 293 cm³/mol. The molecule has 0 saturated heterocycles. The minimum Gasteiger partial charge on any atom is -0.483 e. The Labute approximate surface area is 407 Å². The van der Waals surface area contributed by atoms with Crippen molar-refractivity contribution in [1.29, 1.82) is 0 Å². The highest BCUT2D eigenvalue weighted by Gasteiger charge is 2.47. The minimum absolute atomic E-state index is 0.118. The fourth-order valence-electron chi connectivity index (χ4n) is 11.6. The van der Waals surface area contributed by atoms with E-state index in [1.807, 2.05) is 0 Å². The van der Waals surface area contributed by atoms with E-state index in [1.54, 1.807) is 0 Å². The first-order chi connectivity index (χ1) is 34.6. The van der Waals surface area contributed by atoms with Crippen LogP contribution in [0.1, 0.15) is 29.7 Å². The highest BCUT2D eigenvalue weighted by molar-refractivity contribution is 6.10. The molecular weight excluding hydrogens is 849 g/mol. The van der Waals surface area contributed by atoms with Crippen LogP contribution in [0.5, 0.6) is 5.75 Å². The van der Waals surface area contributed by atoms with Gasteiger partial charge in [-0.15, -0.1) is 0 Å². The van der Waals surface area contributed by atoms with Gasteiger partial charge in [-0.25, -0.2) is 0 Å². The number of hydrogen-bond donors (Lipinski definition) is 0. The molecule has 1 aliphatic carbocycles. The average Bonchev–Trinajstić information content (AvgIpc) is 3.93. The zero-order chi connectivity index (χ0) is 46.3. The third-order valence-electron chi connectivity index (χ3n) is 15.1. The predicted octanol–water partition coefficient (Wildman–Crippen LogP) is 18.0. The molecule has 0 N–H and O–H groups in total. The molecule has 70 heavy (non-hydrogen) atoms. The first-order valence-electron chi connectivity index (χ1n) is 24.3. The lowest BCUT2D eigenvalue weighted by atomic mass is 9.72. The van der Waals surface area contributed by atoms with Gasteiger partial charge in [-0.05, 0) is 105 Å². The third kappa shape index (κ3) is 6.21. The number of nitrogens with zero attached hydrogens (tertiary/aromatic N) is 2. The van der Waals surface area contributed by atoms with Gasteiger partial charge in [-0.2, -0.15) is 0 Å². The van der Waals surface area contributed by atoms with Gasteiger partial charge < -0.3 is 14.2 Å². The van der Waals surface area contributed by atoms with E-state index < -0.39 is 0 Å². The number of hydrogen-bond acceptors (Lipinski definition) is 2. The van der Waals surface area contributed by atoms with E-state index in [9.17, 15) is 0 Å². The lowest BCUT2D eigenvalue weighted by Crippen LogP contribution is -2.28. The molecule has 0 spiro atoms. The summed E-state index contributed by atoms with van der Waals surface area (Å²) in [6, 6.07) is 88.5. The molecule has 0 amide bonds. The van der Waals surface area contributed by atoms with Crippen molar-refractivity contribution in [3.63, 3.8) is 0 Å². The van der Waals surface area contributed by atoms with Gasteiger partial charge in [0.05, 0.1) is 27.8 Å². The van der Waals surface area contributed by atoms with Gasteiger partial charge in [0.1, 0.15) is 11.9 Å². The van der Waals surface area contributed by atoms with Crippen LogP contribution in [0, 0.1) is 0 Å². The Morgan fingerprint density at radius 2 is 1.03 bits per heavy atom. The van der Waals surface area contributed by atoms with Crippen molar-refractivity contribution in [2.75, 3.05) is 4.90 Å². The van der Waals surface area contributed by atoms with E-state index in [-0.39, 0.29) is 11.5 Å². The van der Waals surface area contributed by atoms with Crippen molar-refractivity contribution in [3.8, 4) is 44.8 Å². The van der Waals surface area contributed by atoms with E-state index >= 15 is 0 Å². The maximum Gasteiger partial charge on any atom is 0.137 e. The Morgan fingerprint density at radius 1 is 0.443 bits per heavy atom. The normalized spacial score (nSPS) is 15.8. The summed E-state index contributed by atoms with van der Waals surface area (Å²) in [4.78, 5) is 2.41. The van der Waals surface area contributed by atoms with Gasteiger partial charge in [-0.3, -0.25) is 0 Å². The monoisotopic (exact) mass is 894 g/mol. The third-order valence-corrected chi connectivity index (χ3v) is 15.1. The van der Waals surface area contributed by atoms with Gasteiger partial charge in [0.25, 0.3) is 0 Å². The maximum absolute atomic E-state index is 7.18. The fourth-order valence-corrected chi connectivity index (χ4v) is 11.6. The van der Waals surface area contributed by atoms with Crippen molar-refractivity contribution in [1.82, 2.24) is 4.57 Å². The van der Waals surface area contributed by atoms with Crippen LogP contribution in [0.4, 0.5) is 17.1 Å². The van der Waals surface area contributed by atoms with Gasteiger partial charge >= 0.3 is 0 Å². The van der Waals surface area contributed by atoms with Crippen LogP contribution in [0.25, 0.3) is 88.5 Å². The molecule has 0 bridgehead atoms. The second-order valence-corrected chi connectivity index (χ2v) is 19.0. The lowest BCUT2D eigenvalue weighted by Gasteiger charge is -2.32. The average molecular weight is 895 g/mol. The molecule has 2 aliphatic rings. The van der Waals surface area contributed by atoms with Crippen LogP contribution < -0.4 is 9.64 Å². The topological polar surface area (TPSA) is 17.4 Å². The summed E-state index contributed by atoms with van der Waals surface area (Å²) in [5, 5.41) is 7.55. The first kappa shape index (κ1) is 40.2. The molecule has 14 rings (SSSR count). The van der Waals surface area contributed by atoms with Gasteiger partial charge in [0.15, 0.2) is 0 Å². The molecule has 3 nitrogen and oxygen atoms in total. The molecule has 0 fully saturated rings. The highest BCUT2D eigenvalue weighted by atomic mass is 16.5. The van der Waals surface area contributed by atoms with Gasteiger partial charge in [-0.1, -0.05) is 200 Å². The molecule has 2 unspecified atom stereocenters. The number of aromatic nitrogens is 1. The number of para-hydroxylation sites is 5. The zero-order valence-electron chi connectivity index (χ0n) is 38.6. The fraction of sp³-hybridized carbons (Fsp3) is 0.0448. The van der Waals surface area contributed by atoms with Crippen molar-refractivity contribution in [3.05, 3.63) is 265 Å². The van der Waals surface area contributed by atoms with E-state index in [1.165, 1.54) is 76.7 Å². The molecule has 2 atom stereocenters. The van der Waals surface area contributed by atoms with Crippen molar-refractivity contribution < 1.29 is 4.74 Å². The largest absolute Gasteiger partial charge is 0.483 e. The quantitative estimate of drug-likeness (QED) is 0.148. The summed E-state index contributed by atoms with van der Waals surface area (Å²) >= 11 is 0. The maximum atomic E-state index is 7.18. The Bertz CT molecular complexity index is 4010. The molecule has 0 radical (unpaired) electrons. The van der Waals surface area contributed by atoms with Crippen LogP contribution >= 0.6 is 0 Å². The summed E-state index contributed by atoms with van der Waals surface area (Å²) in [7, 11) is 0. The number of ether oxygens (including phenoxy) is 1. The number of rotatable bonds is 7. The van der Waals surface area contributed by atoms with E-state index in [0.717, 1.165) is 45.2 Å². The minimum atomic E-state index is -0.300. The standard InChI is InChI=1S/C67H46N2O/c1-67-42-41-46-16-3-5-19-55(46)66(67)70-65-59(23-14-24-60(65)67)58-22-9-11-26-62(58)68(50-36-31-44(32-37-50)48-35-40-53-49(43-48)30-29-45-15-2-4-17-52(45)53)51-38-33-47(34-39-51)54-18-6-10-25-61(54)69-63-27-12-7-20-56(63)57-21-8-13-28-64(57)69/h2-43,66H,1H3. The Balaban J connectivity index is 0.901. The number of benzene rings is 11. The van der Waals surface area contributed by atoms with Gasteiger partial charge in [0, 0.05) is 50.0 Å². The Morgan fingerprint density at radius 3 is 1.81 bits per heavy atom. The Hall–Kier alpha value is -8.92. The molecule has 3 heteroatoms. The van der Waals surface area contributed by atoms with Crippen LogP contribution in [0.2, 0.25) is 0 Å². The molecule has 1 aromatic heterocycles. The summed E-state index contributed by atoms with van der Waals surface area (Å²) in [5.74, 6) is 0.945. The van der Waals surface area contributed by atoms with Crippen molar-refractivity contribution >= 4 is 66.5 Å². The van der Waals surface area contributed by atoms with E-state index in [4.69, 9.17) is 4.74 Å². The van der Waals surface area contributed by atoms with Crippen LogP contribution in [0.15, 0.2) is 249 Å². The van der Waals surface area contributed by atoms with Crippen molar-refractivity contribution in [2.45, 2.75) is 18.4 Å². The van der Waals surface area contributed by atoms with E-state index in [0.29, 0.717) is 0 Å². The zero-order valence-corrected chi connectivity index (χ0v) is 38.6. The summed E-state index contributed by atoms with van der Waals surface area (Å²) in [6.45, 7) is 2.32. The molecule has 1 aliphatic heterocycles. The molecule has 12 aromatic rings. The Kier molecular flexibility index (Phi) is 9.09. The molecule has 330 valence electrons. The smallest absolute Gasteiger partial charge is 0.137 e. The molecule has 11 aromatic carbocycles. The van der Waals surface area contributed by atoms with Crippen LogP contribution in [-0.4, -0.2) is 4.57 Å². The highest BCUT2D eigenvalue weighted by Crippen LogP contribution is 2.58. The van der Waals surface area contributed by atoms with Crippen LogP contribution in [0.3, 0.4) is 0 Å². The lowest BCUT2D eigenvalue weighted by molar-refractivity contribution is 0.182. The SMILES string of the molecule is CC12C=Cc3ccccc3C1Oc1c(-c3ccccc3N(c3ccc(-c4ccc5c(ccc6ccccc65)c4)cc3)c3ccc(-c4ccccc4-n4c5ccccc5c5ccccc54)cc3)cccc12. The molecular formula is C67H46N2O. The second-order valence-electron chi connectivity index (χ2n) is 19.0.